The van der Waals surface area contributed by atoms with E-state index in [9.17, 15) is 23.3 Å². The number of amides is 1. The molecule has 0 spiro atoms. The Balaban J connectivity index is 1.84. The molecule has 2 aromatic carbocycles. The molecule has 0 aromatic heterocycles. The Hall–Kier alpha value is -3.20. The van der Waals surface area contributed by atoms with Crippen LogP contribution < -0.4 is 9.64 Å². The van der Waals surface area contributed by atoms with E-state index in [0.717, 1.165) is 11.0 Å². The predicted molar refractivity (Wildman–Crippen MR) is 104 cm³/mol. The minimum atomic E-state index is -3.38. The molecule has 2 aromatic rings. The van der Waals surface area contributed by atoms with Gasteiger partial charge in [-0.05, 0) is 31.2 Å². The van der Waals surface area contributed by atoms with E-state index in [4.69, 9.17) is 4.74 Å². The molecule has 1 unspecified atom stereocenters. The van der Waals surface area contributed by atoms with Crippen LogP contribution >= 0.6 is 0 Å². The average molecular weight is 402 g/mol. The number of sulfone groups is 1. The Kier molecular flexibility index (Phi) is 5.46. The minimum absolute atomic E-state index is 0.0284. The van der Waals surface area contributed by atoms with Crippen molar-refractivity contribution < 1.29 is 22.9 Å². The summed E-state index contributed by atoms with van der Waals surface area (Å²) < 4.78 is 29.0. The van der Waals surface area contributed by atoms with Crippen LogP contribution in [-0.2, 0) is 14.6 Å². The van der Waals surface area contributed by atoms with Crippen LogP contribution in [0.1, 0.15) is 5.56 Å². The third-order valence-corrected chi connectivity index (χ3v) is 5.61. The molecule has 8 nitrogen and oxygen atoms in total. The van der Waals surface area contributed by atoms with Crippen molar-refractivity contribution in [1.29, 1.82) is 0 Å². The zero-order valence-corrected chi connectivity index (χ0v) is 15.8. The van der Waals surface area contributed by atoms with Crippen LogP contribution in [0.5, 0.6) is 5.75 Å². The normalized spacial score (nSPS) is 17.2. The highest BCUT2D eigenvalue weighted by atomic mass is 32.2. The van der Waals surface area contributed by atoms with E-state index in [1.165, 1.54) is 29.2 Å². The van der Waals surface area contributed by atoms with E-state index in [0.29, 0.717) is 5.69 Å². The van der Waals surface area contributed by atoms with Gasteiger partial charge in [0.25, 0.3) is 5.91 Å². The second kappa shape index (κ2) is 7.81. The molecule has 0 bridgehead atoms. The van der Waals surface area contributed by atoms with Crippen molar-refractivity contribution in [2.75, 3.05) is 17.3 Å². The van der Waals surface area contributed by atoms with Crippen LogP contribution in [0.4, 0.5) is 11.4 Å². The fraction of sp³-hybridized carbons (Fsp3) is 0.211. The number of anilines is 1. The Morgan fingerprint density at radius 3 is 2.50 bits per heavy atom. The lowest BCUT2D eigenvalue weighted by atomic mass is 10.1. The van der Waals surface area contributed by atoms with Gasteiger partial charge in [0.1, 0.15) is 0 Å². The second-order valence-electron chi connectivity index (χ2n) is 6.34. The maximum absolute atomic E-state index is 12.9. The van der Waals surface area contributed by atoms with Crippen molar-refractivity contribution in [2.24, 2.45) is 0 Å². The number of nitro benzene ring substituents is 1. The number of benzene rings is 2. The molecule has 28 heavy (non-hydrogen) atoms. The van der Waals surface area contributed by atoms with Crippen LogP contribution in [0.3, 0.4) is 0 Å². The Bertz CT molecular complexity index is 1030. The number of hydrogen-bond acceptors (Lipinski definition) is 6. The van der Waals surface area contributed by atoms with Crippen LogP contribution in [0, 0.1) is 17.0 Å². The second-order valence-corrected chi connectivity index (χ2v) is 8.27. The van der Waals surface area contributed by atoms with Gasteiger partial charge in [0.05, 0.1) is 16.7 Å². The number of ether oxygens (including phenoxy) is 1. The van der Waals surface area contributed by atoms with Crippen molar-refractivity contribution in [2.45, 2.75) is 13.0 Å². The largest absolute Gasteiger partial charge is 0.477 e. The average Bonchev–Trinajstić information content (AvgIpc) is 3.01. The van der Waals surface area contributed by atoms with E-state index >= 15 is 0 Å². The number of nitro groups is 1. The maximum Gasteiger partial charge on any atom is 0.310 e. The summed E-state index contributed by atoms with van der Waals surface area (Å²) >= 11 is 0. The lowest BCUT2D eigenvalue weighted by molar-refractivity contribution is -0.385. The van der Waals surface area contributed by atoms with Gasteiger partial charge in [-0.15, -0.1) is 0 Å². The van der Waals surface area contributed by atoms with Gasteiger partial charge < -0.3 is 9.64 Å². The van der Waals surface area contributed by atoms with Crippen LogP contribution in [0.25, 0.3) is 0 Å². The zero-order valence-electron chi connectivity index (χ0n) is 15.0. The third-order valence-electron chi connectivity index (χ3n) is 4.24. The van der Waals surface area contributed by atoms with E-state index in [1.807, 2.05) is 19.1 Å². The molecule has 0 saturated heterocycles. The zero-order chi connectivity index (χ0) is 20.3. The highest BCUT2D eigenvalue weighted by molar-refractivity contribution is 7.94. The van der Waals surface area contributed by atoms with E-state index in [1.54, 1.807) is 18.2 Å². The molecule has 0 N–H and O–H groups in total. The highest BCUT2D eigenvalue weighted by Gasteiger charge is 2.32. The summed E-state index contributed by atoms with van der Waals surface area (Å²) in [6, 6.07) is 12.1. The highest BCUT2D eigenvalue weighted by Crippen LogP contribution is 2.27. The molecule has 1 atom stereocenters. The van der Waals surface area contributed by atoms with Crippen molar-refractivity contribution >= 4 is 27.1 Å². The van der Waals surface area contributed by atoms with Gasteiger partial charge in [-0.25, -0.2) is 8.42 Å². The van der Waals surface area contributed by atoms with Gasteiger partial charge in [0.2, 0.25) is 0 Å². The first-order valence-electron chi connectivity index (χ1n) is 8.43. The molecule has 1 heterocycles. The Morgan fingerprint density at radius 1 is 1.21 bits per heavy atom. The lowest BCUT2D eigenvalue weighted by Gasteiger charge is -2.27. The lowest BCUT2D eigenvalue weighted by Crippen LogP contribution is -2.43. The molecule has 146 valence electrons. The van der Waals surface area contributed by atoms with E-state index in [-0.39, 0.29) is 17.2 Å². The van der Waals surface area contributed by atoms with E-state index < -0.39 is 33.3 Å². The first-order valence-corrected chi connectivity index (χ1v) is 10.1. The molecule has 9 heteroatoms. The molecule has 0 saturated carbocycles. The predicted octanol–water partition coefficient (Wildman–Crippen LogP) is 2.63. The molecule has 0 radical (unpaired) electrons. The van der Waals surface area contributed by atoms with Gasteiger partial charge in [-0.1, -0.05) is 29.8 Å². The summed E-state index contributed by atoms with van der Waals surface area (Å²) in [6.45, 7) is 1.43. The first kappa shape index (κ1) is 19.6. The first-order chi connectivity index (χ1) is 13.3. The van der Waals surface area contributed by atoms with Crippen LogP contribution in [0.15, 0.2) is 60.0 Å². The summed E-state index contributed by atoms with van der Waals surface area (Å²) in [5, 5.41) is 12.2. The van der Waals surface area contributed by atoms with Gasteiger partial charge in [0, 0.05) is 17.2 Å². The number of carbonyl (C=O) groups excluding carboxylic acids is 1. The minimum Gasteiger partial charge on any atom is -0.477 e. The van der Waals surface area contributed by atoms with Crippen LogP contribution in [-0.4, -0.2) is 37.6 Å². The quantitative estimate of drug-likeness (QED) is 0.543. The number of aryl methyl sites for hydroxylation is 1. The molecule has 0 fully saturated rings. The Labute approximate surface area is 162 Å². The number of hydrogen-bond donors (Lipinski definition) is 0. The number of rotatable bonds is 6. The number of para-hydroxylation sites is 2. The van der Waals surface area contributed by atoms with Gasteiger partial charge in [-0.3, -0.25) is 14.9 Å². The van der Waals surface area contributed by atoms with E-state index in [2.05, 4.69) is 0 Å². The standard InChI is InChI=1S/C19H18N2O6S/c1-14-6-8-15(9-7-14)20(16-10-11-28(25,26)13-16)19(22)12-27-18-5-3-2-4-17(18)21(23)24/h2-11,16H,12-13H2,1H3. The molecule has 1 aliphatic rings. The van der Waals surface area contributed by atoms with Crippen LogP contribution in [0.2, 0.25) is 0 Å². The molecule has 3 rings (SSSR count). The van der Waals surface area contributed by atoms with Crippen molar-refractivity contribution in [1.82, 2.24) is 0 Å². The molecular formula is C19H18N2O6S. The van der Waals surface area contributed by atoms with Gasteiger partial charge >= 0.3 is 5.69 Å². The fourth-order valence-electron chi connectivity index (χ4n) is 2.88. The van der Waals surface area contributed by atoms with Crippen molar-refractivity contribution in [3.05, 3.63) is 75.7 Å². The summed E-state index contributed by atoms with van der Waals surface area (Å²) in [5.74, 6) is -0.758. The number of nitrogens with zero attached hydrogens (tertiary/aromatic N) is 2. The summed E-state index contributed by atoms with van der Waals surface area (Å²) in [7, 11) is -3.38. The molecule has 1 aliphatic heterocycles. The smallest absolute Gasteiger partial charge is 0.310 e. The molecule has 1 amide bonds. The SMILES string of the molecule is Cc1ccc(N(C(=O)COc2ccccc2[N+](=O)[O-])C2C=CS(=O)(=O)C2)cc1. The molecule has 0 aliphatic carbocycles. The molecular weight excluding hydrogens is 384 g/mol. The van der Waals surface area contributed by atoms with Crippen molar-refractivity contribution in [3.8, 4) is 5.75 Å². The Morgan fingerprint density at radius 2 is 1.89 bits per heavy atom. The summed E-state index contributed by atoms with van der Waals surface area (Å²) in [6.07, 6.45) is 1.46. The fourth-order valence-corrected chi connectivity index (χ4v) is 4.15. The summed E-state index contributed by atoms with van der Waals surface area (Å²) in [4.78, 5) is 24.7. The summed E-state index contributed by atoms with van der Waals surface area (Å²) in [5.41, 5.74) is 1.26. The van der Waals surface area contributed by atoms with Gasteiger partial charge in [0.15, 0.2) is 22.2 Å². The monoisotopic (exact) mass is 402 g/mol. The topological polar surface area (TPSA) is 107 Å². The maximum atomic E-state index is 12.9. The van der Waals surface area contributed by atoms with Crippen molar-refractivity contribution in [3.63, 3.8) is 0 Å². The number of carbonyl (C=O) groups is 1. The van der Waals surface area contributed by atoms with Gasteiger partial charge in [-0.2, -0.15) is 0 Å². The third kappa shape index (κ3) is 4.37.